The van der Waals surface area contributed by atoms with Gasteiger partial charge in [0.1, 0.15) is 0 Å². The van der Waals surface area contributed by atoms with Crippen molar-refractivity contribution in [2.24, 2.45) is 0 Å². The number of nitrogens with zero attached hydrogens (tertiary/aromatic N) is 1. The topological polar surface area (TPSA) is 34.0 Å². The summed E-state index contributed by atoms with van der Waals surface area (Å²) in [6.07, 6.45) is 12.6. The van der Waals surface area contributed by atoms with Crippen molar-refractivity contribution in [1.82, 2.24) is 9.88 Å². The van der Waals surface area contributed by atoms with Crippen molar-refractivity contribution < 1.29 is 4.79 Å². The van der Waals surface area contributed by atoms with E-state index < -0.39 is 0 Å². The van der Waals surface area contributed by atoms with Crippen LogP contribution in [0.4, 0.5) is 0 Å². The Morgan fingerprint density at radius 2 is 1.49 bits per heavy atom. The first-order valence-electron chi connectivity index (χ1n) is 14.2. The molecule has 2 aromatic rings. The molecule has 4 heteroatoms. The molecule has 1 heterocycles. The maximum atomic E-state index is 12.8. The zero-order valence-electron chi connectivity index (χ0n) is 25.2. The van der Waals surface area contributed by atoms with Crippen LogP contribution in [0.1, 0.15) is 86.1 Å². The van der Waals surface area contributed by atoms with Crippen LogP contribution >= 0.6 is 11.8 Å². The van der Waals surface area contributed by atoms with Crippen LogP contribution in [0.3, 0.4) is 0 Å². The number of thioether (sulfide) groups is 1. The lowest BCUT2D eigenvalue weighted by Gasteiger charge is -2.21. The van der Waals surface area contributed by atoms with E-state index in [9.17, 15) is 4.79 Å². The fraction of sp³-hybridized carbons (Fsp3) is 0.457. The Morgan fingerprint density at radius 3 is 2.05 bits per heavy atom. The molecule has 1 amide bonds. The molecule has 0 radical (unpaired) electrons. The normalized spacial score (nSPS) is 13.8. The Labute approximate surface area is 241 Å². The van der Waals surface area contributed by atoms with E-state index in [1.807, 2.05) is 30.8 Å². The molecule has 2 unspecified atom stereocenters. The van der Waals surface area contributed by atoms with Gasteiger partial charge in [-0.05, 0) is 73.6 Å². The van der Waals surface area contributed by atoms with Gasteiger partial charge in [0, 0.05) is 45.4 Å². The van der Waals surface area contributed by atoms with Gasteiger partial charge in [-0.25, -0.2) is 0 Å². The van der Waals surface area contributed by atoms with Crippen molar-refractivity contribution >= 4 is 41.6 Å². The van der Waals surface area contributed by atoms with Crippen LogP contribution in [0.25, 0.3) is 23.9 Å². The van der Waals surface area contributed by atoms with Gasteiger partial charge in [0.05, 0.1) is 6.04 Å². The minimum atomic E-state index is -0.00282. The van der Waals surface area contributed by atoms with E-state index in [1.165, 1.54) is 16.7 Å². The molecule has 1 aromatic carbocycles. The first kappa shape index (κ1) is 32.5. The van der Waals surface area contributed by atoms with Crippen molar-refractivity contribution in [1.29, 1.82) is 0 Å². The Bertz CT molecular complexity index is 1260. The van der Waals surface area contributed by atoms with Gasteiger partial charge < -0.3 is 9.88 Å². The maximum absolute atomic E-state index is 12.8. The van der Waals surface area contributed by atoms with Crippen molar-refractivity contribution in [3.8, 4) is 0 Å². The molecular formula is C35H50N2OS. The smallest absolute Gasteiger partial charge is 0.220 e. The highest BCUT2D eigenvalue weighted by Gasteiger charge is 2.18. The fourth-order valence-corrected chi connectivity index (χ4v) is 5.80. The largest absolute Gasteiger partial charge is 0.353 e. The predicted molar refractivity (Wildman–Crippen MR) is 176 cm³/mol. The Kier molecular flexibility index (Phi) is 13.7. The lowest BCUT2D eigenvalue weighted by atomic mass is 10.0. The third kappa shape index (κ3) is 10.8. The van der Waals surface area contributed by atoms with Gasteiger partial charge in [-0.3, -0.25) is 4.79 Å². The lowest BCUT2D eigenvalue weighted by Crippen LogP contribution is -2.35. The third-order valence-electron chi connectivity index (χ3n) is 7.10. The van der Waals surface area contributed by atoms with E-state index in [-0.39, 0.29) is 18.0 Å². The zero-order chi connectivity index (χ0) is 28.9. The summed E-state index contributed by atoms with van der Waals surface area (Å²) < 4.78 is 2.15. The number of hydrogen-bond acceptors (Lipinski definition) is 2. The molecule has 2 rings (SSSR count). The molecule has 1 N–H and O–H groups in total. The van der Waals surface area contributed by atoms with Crippen molar-refractivity contribution in [2.45, 2.75) is 92.2 Å². The van der Waals surface area contributed by atoms with Gasteiger partial charge in [-0.2, -0.15) is 11.8 Å². The van der Waals surface area contributed by atoms with Crippen LogP contribution in [0.2, 0.25) is 0 Å². The second-order valence-electron chi connectivity index (χ2n) is 11.2. The third-order valence-corrected chi connectivity index (χ3v) is 8.24. The number of carbonyl (C=O) groups excluding carboxylic acids is 1. The highest BCUT2D eigenvalue weighted by atomic mass is 32.2. The quantitative estimate of drug-likeness (QED) is 0.171. The monoisotopic (exact) mass is 546 g/mol. The maximum Gasteiger partial charge on any atom is 0.220 e. The van der Waals surface area contributed by atoms with E-state index in [4.69, 9.17) is 0 Å². The van der Waals surface area contributed by atoms with E-state index >= 15 is 0 Å². The molecule has 3 nitrogen and oxygen atoms in total. The highest BCUT2D eigenvalue weighted by Crippen LogP contribution is 2.21. The Morgan fingerprint density at radius 1 is 0.923 bits per heavy atom. The number of nitrogens with one attached hydrogen (secondary N) is 1. The molecule has 0 aliphatic heterocycles. The van der Waals surface area contributed by atoms with Crippen molar-refractivity contribution in [2.75, 3.05) is 11.5 Å². The summed E-state index contributed by atoms with van der Waals surface area (Å²) >= 11 is 1.87. The molecule has 0 saturated heterocycles. The van der Waals surface area contributed by atoms with Gasteiger partial charge in [-0.15, -0.1) is 0 Å². The number of benzene rings is 1. The van der Waals surface area contributed by atoms with Gasteiger partial charge in [-0.1, -0.05) is 84.5 Å². The first-order valence-corrected chi connectivity index (χ1v) is 15.4. The number of rotatable bonds is 16. The average molecular weight is 547 g/mol. The van der Waals surface area contributed by atoms with E-state index in [1.54, 1.807) is 0 Å². The summed E-state index contributed by atoms with van der Waals surface area (Å²) in [6, 6.07) is 8.33. The summed E-state index contributed by atoms with van der Waals surface area (Å²) in [4.78, 5) is 12.8. The summed E-state index contributed by atoms with van der Waals surface area (Å²) in [5.41, 5.74) is 5.32. The van der Waals surface area contributed by atoms with Crippen LogP contribution in [0.5, 0.6) is 0 Å². The van der Waals surface area contributed by atoms with Gasteiger partial charge in [0.15, 0.2) is 0 Å². The Balaban J connectivity index is 1.76. The van der Waals surface area contributed by atoms with E-state index in [0.29, 0.717) is 12.8 Å². The van der Waals surface area contributed by atoms with Crippen molar-refractivity contribution in [3.63, 3.8) is 0 Å². The number of aromatic nitrogens is 1. The summed E-state index contributed by atoms with van der Waals surface area (Å²) in [7, 11) is 0. The molecule has 2 atom stereocenters. The highest BCUT2D eigenvalue weighted by molar-refractivity contribution is 7.99. The molecule has 0 spiro atoms. The van der Waals surface area contributed by atoms with Crippen LogP contribution < -0.4 is 16.0 Å². The molecule has 0 fully saturated rings. The molecule has 1 aromatic heterocycles. The molecule has 212 valence electrons. The number of hydrogen-bond donors (Lipinski definition) is 1. The van der Waals surface area contributed by atoms with E-state index in [2.05, 4.69) is 94.6 Å². The molecule has 0 bridgehead atoms. The first-order chi connectivity index (χ1) is 18.5. The fourth-order valence-electron chi connectivity index (χ4n) is 4.82. The van der Waals surface area contributed by atoms with Crippen LogP contribution in [0, 0.1) is 0 Å². The summed E-state index contributed by atoms with van der Waals surface area (Å²) in [6.45, 7) is 25.7. The SMILES string of the molecule is C=C(C)C(CCC(=O)NC(C)CSC/C=C(\C)CC/C=C(\C)CCC=C(C)C)n1c(=C)c2ccccc2c1=C. The minimum Gasteiger partial charge on any atom is -0.353 e. The number of allylic oxidation sites excluding steroid dienone is 6. The number of amides is 1. The molecular weight excluding hydrogens is 496 g/mol. The Hall–Kier alpha value is -2.72. The van der Waals surface area contributed by atoms with E-state index in [0.717, 1.165) is 64.2 Å². The number of carbonyl (C=O) groups is 1. The van der Waals surface area contributed by atoms with Crippen molar-refractivity contribution in [3.05, 3.63) is 82.1 Å². The average Bonchev–Trinajstić information content (AvgIpc) is 3.12. The zero-order valence-corrected chi connectivity index (χ0v) is 26.1. The van der Waals surface area contributed by atoms with Gasteiger partial charge in [0.2, 0.25) is 5.91 Å². The lowest BCUT2D eigenvalue weighted by molar-refractivity contribution is -0.121. The second-order valence-corrected chi connectivity index (χ2v) is 12.3. The number of fused-ring (bicyclic) bond motifs is 1. The summed E-state index contributed by atoms with van der Waals surface area (Å²) in [5.74, 6) is 1.96. The second kappa shape index (κ2) is 16.4. The van der Waals surface area contributed by atoms with Crippen LogP contribution in [-0.4, -0.2) is 28.0 Å². The minimum absolute atomic E-state index is 0.00282. The molecule has 0 saturated carbocycles. The van der Waals surface area contributed by atoms with Crippen LogP contribution in [0.15, 0.2) is 71.4 Å². The van der Waals surface area contributed by atoms with Gasteiger partial charge >= 0.3 is 0 Å². The summed E-state index contributed by atoms with van der Waals surface area (Å²) in [5, 5.41) is 7.26. The molecule has 0 aliphatic carbocycles. The molecule has 39 heavy (non-hydrogen) atoms. The molecule has 0 aliphatic rings. The van der Waals surface area contributed by atoms with Crippen LogP contribution in [-0.2, 0) is 4.79 Å². The van der Waals surface area contributed by atoms with Gasteiger partial charge in [0.25, 0.3) is 0 Å². The predicted octanol–water partition coefficient (Wildman–Crippen LogP) is 8.02. The standard InChI is InChI=1S/C35H50N2OS/c1-25(2)14-12-15-27(5)16-13-17-28(6)22-23-39-24-29(7)36-35(38)21-20-34(26(3)4)37-30(8)32-18-10-11-19-33(32)31(37)9/h10-11,14,16,18-19,22,29,34H,3,8-9,12-13,15,17,20-21,23-24H2,1-2,4-7H3,(H,36,38)/b27-16+,28-22+.